The third kappa shape index (κ3) is 2.03. The Balaban J connectivity index is 2.48. The van der Waals surface area contributed by atoms with Gasteiger partial charge in [0.25, 0.3) is 0 Å². The van der Waals surface area contributed by atoms with Gasteiger partial charge >= 0.3 is 0 Å². The average Bonchev–Trinajstić information content (AvgIpc) is 2.30. The lowest BCUT2D eigenvalue weighted by Crippen LogP contribution is -1.97. The van der Waals surface area contributed by atoms with Crippen LogP contribution in [-0.4, -0.2) is 15.1 Å². The summed E-state index contributed by atoms with van der Waals surface area (Å²) in [4.78, 5) is 8.51. The summed E-state index contributed by atoms with van der Waals surface area (Å²) in [6.45, 7) is 3.99. The molecule has 3 nitrogen and oxygen atoms in total. The van der Waals surface area contributed by atoms with E-state index < -0.39 is 0 Å². The number of hydrogen-bond donors (Lipinski definition) is 1. The number of rotatable bonds is 2. The summed E-state index contributed by atoms with van der Waals surface area (Å²) in [6.07, 6.45) is 1.46. The standard InChI is InChI=1S/C13H14N2O/c1-9(2)12-11(16)8-14-13(15-12)10-6-4-3-5-7-10/h3-9,16H,1-2H3. The summed E-state index contributed by atoms with van der Waals surface area (Å²) in [5.41, 5.74) is 1.65. The molecule has 0 fully saturated rings. The molecule has 3 heteroatoms. The number of nitrogens with zero attached hydrogens (tertiary/aromatic N) is 2. The molecule has 0 aliphatic heterocycles. The normalized spacial score (nSPS) is 10.7. The van der Waals surface area contributed by atoms with E-state index in [-0.39, 0.29) is 11.7 Å². The van der Waals surface area contributed by atoms with Crippen LogP contribution in [0.2, 0.25) is 0 Å². The predicted octanol–water partition coefficient (Wildman–Crippen LogP) is 2.97. The second-order valence-electron chi connectivity index (χ2n) is 3.98. The molecule has 0 aliphatic rings. The van der Waals surface area contributed by atoms with Crippen LogP contribution < -0.4 is 0 Å². The summed E-state index contributed by atoms with van der Waals surface area (Å²) in [6, 6.07) is 9.75. The summed E-state index contributed by atoms with van der Waals surface area (Å²) in [5, 5.41) is 9.63. The Hall–Kier alpha value is -1.90. The number of aromatic hydroxyl groups is 1. The Morgan fingerprint density at radius 1 is 1.12 bits per heavy atom. The Morgan fingerprint density at radius 2 is 1.81 bits per heavy atom. The smallest absolute Gasteiger partial charge is 0.159 e. The Kier molecular flexibility index (Phi) is 2.86. The lowest BCUT2D eigenvalue weighted by molar-refractivity contribution is 0.457. The summed E-state index contributed by atoms with van der Waals surface area (Å²) >= 11 is 0. The molecule has 1 aromatic heterocycles. The van der Waals surface area contributed by atoms with E-state index in [1.54, 1.807) is 0 Å². The molecule has 2 rings (SSSR count). The van der Waals surface area contributed by atoms with Gasteiger partial charge in [-0.1, -0.05) is 44.2 Å². The molecule has 1 heterocycles. The van der Waals surface area contributed by atoms with Crippen LogP contribution >= 0.6 is 0 Å². The van der Waals surface area contributed by atoms with E-state index in [2.05, 4.69) is 9.97 Å². The largest absolute Gasteiger partial charge is 0.504 e. The van der Waals surface area contributed by atoms with Crippen molar-refractivity contribution in [2.24, 2.45) is 0 Å². The first-order valence-corrected chi connectivity index (χ1v) is 5.30. The fraction of sp³-hybridized carbons (Fsp3) is 0.231. The molecule has 1 aromatic carbocycles. The van der Waals surface area contributed by atoms with Crippen molar-refractivity contribution in [3.8, 4) is 17.1 Å². The molecule has 0 atom stereocenters. The summed E-state index contributed by atoms with van der Waals surface area (Å²) < 4.78 is 0. The fourth-order valence-electron chi connectivity index (χ4n) is 1.54. The van der Waals surface area contributed by atoms with Gasteiger partial charge in [-0.05, 0) is 5.92 Å². The van der Waals surface area contributed by atoms with E-state index >= 15 is 0 Å². The van der Waals surface area contributed by atoms with Gasteiger partial charge in [-0.3, -0.25) is 0 Å². The van der Waals surface area contributed by atoms with Gasteiger partial charge in [0.05, 0.1) is 11.9 Å². The van der Waals surface area contributed by atoms with Crippen molar-refractivity contribution < 1.29 is 5.11 Å². The van der Waals surface area contributed by atoms with E-state index in [1.807, 2.05) is 44.2 Å². The number of hydrogen-bond acceptors (Lipinski definition) is 3. The predicted molar refractivity (Wildman–Crippen MR) is 63.2 cm³/mol. The van der Waals surface area contributed by atoms with E-state index in [9.17, 15) is 5.11 Å². The van der Waals surface area contributed by atoms with Gasteiger partial charge in [-0.15, -0.1) is 0 Å². The third-order valence-electron chi connectivity index (χ3n) is 2.38. The topological polar surface area (TPSA) is 46.0 Å². The first kappa shape index (κ1) is 10.6. The van der Waals surface area contributed by atoms with Crippen molar-refractivity contribution in [3.05, 3.63) is 42.2 Å². The molecule has 0 saturated carbocycles. The molecule has 0 unspecified atom stereocenters. The van der Waals surface area contributed by atoms with Gasteiger partial charge in [-0.25, -0.2) is 9.97 Å². The van der Waals surface area contributed by atoms with Gasteiger partial charge < -0.3 is 5.11 Å². The maximum atomic E-state index is 9.63. The van der Waals surface area contributed by atoms with Crippen LogP contribution in [0.15, 0.2) is 36.5 Å². The minimum absolute atomic E-state index is 0.162. The van der Waals surface area contributed by atoms with Crippen LogP contribution in [0.25, 0.3) is 11.4 Å². The lowest BCUT2D eigenvalue weighted by Gasteiger charge is -2.08. The molecule has 82 valence electrons. The molecule has 0 aliphatic carbocycles. The molecule has 2 aromatic rings. The Labute approximate surface area is 94.8 Å². The highest BCUT2D eigenvalue weighted by atomic mass is 16.3. The maximum Gasteiger partial charge on any atom is 0.159 e. The van der Waals surface area contributed by atoms with Crippen LogP contribution in [0.4, 0.5) is 0 Å². The first-order chi connectivity index (χ1) is 7.68. The van der Waals surface area contributed by atoms with E-state index in [0.717, 1.165) is 5.56 Å². The highest BCUT2D eigenvalue weighted by Crippen LogP contribution is 2.24. The van der Waals surface area contributed by atoms with Crippen LogP contribution in [0.1, 0.15) is 25.5 Å². The first-order valence-electron chi connectivity index (χ1n) is 5.30. The zero-order chi connectivity index (χ0) is 11.5. The molecule has 0 radical (unpaired) electrons. The van der Waals surface area contributed by atoms with Crippen molar-refractivity contribution in [2.45, 2.75) is 19.8 Å². The minimum Gasteiger partial charge on any atom is -0.504 e. The second-order valence-corrected chi connectivity index (χ2v) is 3.98. The highest BCUT2D eigenvalue weighted by Gasteiger charge is 2.10. The van der Waals surface area contributed by atoms with E-state index in [4.69, 9.17) is 0 Å². The van der Waals surface area contributed by atoms with Gasteiger partial charge in [0.1, 0.15) is 0 Å². The van der Waals surface area contributed by atoms with Crippen LogP contribution in [0.3, 0.4) is 0 Å². The SMILES string of the molecule is CC(C)c1nc(-c2ccccc2)ncc1O. The zero-order valence-electron chi connectivity index (χ0n) is 9.38. The van der Waals surface area contributed by atoms with Crippen LogP contribution in [0.5, 0.6) is 5.75 Å². The highest BCUT2D eigenvalue weighted by molar-refractivity contribution is 5.55. The monoisotopic (exact) mass is 214 g/mol. The van der Waals surface area contributed by atoms with Crippen molar-refractivity contribution in [1.29, 1.82) is 0 Å². The molecule has 16 heavy (non-hydrogen) atoms. The Bertz CT molecular complexity index is 481. The lowest BCUT2D eigenvalue weighted by atomic mass is 10.1. The van der Waals surface area contributed by atoms with Crippen molar-refractivity contribution in [1.82, 2.24) is 9.97 Å². The molecule has 0 amide bonds. The number of aromatic nitrogens is 2. The van der Waals surface area contributed by atoms with E-state index in [1.165, 1.54) is 6.20 Å². The van der Waals surface area contributed by atoms with Gasteiger partial charge in [0.15, 0.2) is 11.6 Å². The molecular weight excluding hydrogens is 200 g/mol. The van der Waals surface area contributed by atoms with Gasteiger partial charge in [0, 0.05) is 5.56 Å². The van der Waals surface area contributed by atoms with Gasteiger partial charge in [-0.2, -0.15) is 0 Å². The van der Waals surface area contributed by atoms with Gasteiger partial charge in [0.2, 0.25) is 0 Å². The molecule has 1 N–H and O–H groups in total. The van der Waals surface area contributed by atoms with E-state index in [0.29, 0.717) is 11.5 Å². The second kappa shape index (κ2) is 4.31. The molecule has 0 spiro atoms. The number of benzene rings is 1. The van der Waals surface area contributed by atoms with Crippen molar-refractivity contribution in [2.75, 3.05) is 0 Å². The van der Waals surface area contributed by atoms with Crippen molar-refractivity contribution >= 4 is 0 Å². The maximum absolute atomic E-state index is 9.63. The van der Waals surface area contributed by atoms with Crippen LogP contribution in [0, 0.1) is 0 Å². The quantitative estimate of drug-likeness (QED) is 0.835. The van der Waals surface area contributed by atoms with Crippen LogP contribution in [-0.2, 0) is 0 Å². The third-order valence-corrected chi connectivity index (χ3v) is 2.38. The zero-order valence-corrected chi connectivity index (χ0v) is 9.38. The van der Waals surface area contributed by atoms with Crippen molar-refractivity contribution in [3.63, 3.8) is 0 Å². The minimum atomic E-state index is 0.162. The molecular formula is C13H14N2O. The molecule has 0 saturated heterocycles. The Morgan fingerprint density at radius 3 is 2.44 bits per heavy atom. The molecule has 0 bridgehead atoms. The fourth-order valence-corrected chi connectivity index (χ4v) is 1.54. The summed E-state index contributed by atoms with van der Waals surface area (Å²) in [7, 11) is 0. The average molecular weight is 214 g/mol. The summed E-state index contributed by atoms with van der Waals surface area (Å²) in [5.74, 6) is 1.00.